The third-order valence-electron chi connectivity index (χ3n) is 2.72. The Morgan fingerprint density at radius 2 is 1.88 bits per heavy atom. The van der Waals surface area contributed by atoms with Crippen LogP contribution in [0.5, 0.6) is 11.5 Å². The van der Waals surface area contributed by atoms with Gasteiger partial charge in [-0.1, -0.05) is 13.0 Å². The van der Waals surface area contributed by atoms with Gasteiger partial charge in [-0.05, 0) is 30.2 Å². The molecule has 0 aliphatic rings. The lowest BCUT2D eigenvalue weighted by molar-refractivity contribution is 0.108. The number of methoxy groups -OCH3 is 1. The van der Waals surface area contributed by atoms with Gasteiger partial charge in [0.05, 0.1) is 19.8 Å². The van der Waals surface area contributed by atoms with E-state index in [1.54, 1.807) is 13.2 Å². The van der Waals surface area contributed by atoms with Gasteiger partial charge < -0.3 is 14.6 Å². The maximum atomic E-state index is 9.71. The summed E-state index contributed by atoms with van der Waals surface area (Å²) in [5.41, 5.74) is 0. The van der Waals surface area contributed by atoms with Crippen molar-refractivity contribution in [2.75, 3.05) is 13.7 Å². The SMILES string of the molecule is C=C[C@H](C)[C@H](O)CCOc1ccc(OC)cc1. The normalized spacial score (nSPS) is 13.8. The summed E-state index contributed by atoms with van der Waals surface area (Å²) in [5, 5.41) is 9.71. The molecule has 0 aliphatic heterocycles. The summed E-state index contributed by atoms with van der Waals surface area (Å²) in [6.45, 7) is 6.08. The second-order valence-electron chi connectivity index (χ2n) is 3.97. The van der Waals surface area contributed by atoms with E-state index >= 15 is 0 Å². The van der Waals surface area contributed by atoms with Crippen LogP contribution in [0.4, 0.5) is 0 Å². The van der Waals surface area contributed by atoms with Crippen molar-refractivity contribution < 1.29 is 14.6 Å². The lowest BCUT2D eigenvalue weighted by Gasteiger charge is -2.15. The van der Waals surface area contributed by atoms with E-state index in [-0.39, 0.29) is 5.92 Å². The molecule has 0 spiro atoms. The molecule has 1 N–H and O–H groups in total. The third kappa shape index (κ3) is 4.49. The van der Waals surface area contributed by atoms with Gasteiger partial charge in [0.1, 0.15) is 11.5 Å². The minimum Gasteiger partial charge on any atom is -0.497 e. The zero-order valence-corrected chi connectivity index (χ0v) is 10.4. The number of benzene rings is 1. The van der Waals surface area contributed by atoms with Crippen LogP contribution in [0.1, 0.15) is 13.3 Å². The Morgan fingerprint density at radius 1 is 1.29 bits per heavy atom. The average molecular weight is 236 g/mol. The summed E-state index contributed by atoms with van der Waals surface area (Å²) >= 11 is 0. The van der Waals surface area contributed by atoms with Crippen molar-refractivity contribution in [1.82, 2.24) is 0 Å². The highest BCUT2D eigenvalue weighted by Crippen LogP contribution is 2.17. The molecule has 0 unspecified atom stereocenters. The quantitative estimate of drug-likeness (QED) is 0.740. The van der Waals surface area contributed by atoms with Crippen LogP contribution in [0.2, 0.25) is 0 Å². The fraction of sp³-hybridized carbons (Fsp3) is 0.429. The van der Waals surface area contributed by atoms with Gasteiger partial charge in [0.25, 0.3) is 0 Å². The fourth-order valence-corrected chi connectivity index (χ4v) is 1.39. The molecule has 0 fully saturated rings. The number of aliphatic hydroxyl groups is 1. The molecule has 1 rings (SSSR count). The molecule has 0 saturated carbocycles. The summed E-state index contributed by atoms with van der Waals surface area (Å²) in [6.07, 6.45) is 1.95. The number of rotatable bonds is 7. The van der Waals surface area contributed by atoms with Crippen LogP contribution in [0, 0.1) is 5.92 Å². The molecule has 1 aromatic carbocycles. The molecule has 1 aromatic rings. The van der Waals surface area contributed by atoms with Crippen LogP contribution in [0.15, 0.2) is 36.9 Å². The van der Waals surface area contributed by atoms with Crippen LogP contribution in [0.25, 0.3) is 0 Å². The Bertz CT molecular complexity index is 332. The molecule has 0 heterocycles. The van der Waals surface area contributed by atoms with Crippen molar-refractivity contribution in [2.45, 2.75) is 19.4 Å². The van der Waals surface area contributed by atoms with E-state index in [9.17, 15) is 5.11 Å². The maximum absolute atomic E-state index is 9.71. The van der Waals surface area contributed by atoms with E-state index in [0.29, 0.717) is 13.0 Å². The zero-order valence-electron chi connectivity index (χ0n) is 10.4. The zero-order chi connectivity index (χ0) is 12.7. The molecular weight excluding hydrogens is 216 g/mol. The summed E-state index contributed by atoms with van der Waals surface area (Å²) in [6, 6.07) is 7.39. The molecule has 3 nitrogen and oxygen atoms in total. The first-order valence-corrected chi connectivity index (χ1v) is 5.75. The smallest absolute Gasteiger partial charge is 0.119 e. The van der Waals surface area contributed by atoms with E-state index in [1.807, 2.05) is 31.2 Å². The van der Waals surface area contributed by atoms with Gasteiger partial charge in [-0.15, -0.1) is 6.58 Å². The second kappa shape index (κ2) is 6.97. The Hall–Kier alpha value is -1.48. The molecule has 0 amide bonds. The number of aliphatic hydroxyl groups excluding tert-OH is 1. The molecule has 0 aromatic heterocycles. The van der Waals surface area contributed by atoms with Crippen LogP contribution in [-0.4, -0.2) is 24.9 Å². The molecule has 94 valence electrons. The molecule has 0 aliphatic carbocycles. The molecule has 3 heteroatoms. The monoisotopic (exact) mass is 236 g/mol. The maximum Gasteiger partial charge on any atom is 0.119 e. The minimum absolute atomic E-state index is 0.0921. The first-order valence-electron chi connectivity index (χ1n) is 5.75. The molecule has 0 saturated heterocycles. The molecule has 0 radical (unpaired) electrons. The topological polar surface area (TPSA) is 38.7 Å². The largest absolute Gasteiger partial charge is 0.497 e. The van der Waals surface area contributed by atoms with E-state index in [4.69, 9.17) is 9.47 Å². The summed E-state index contributed by atoms with van der Waals surface area (Å²) < 4.78 is 10.6. The van der Waals surface area contributed by atoms with Crippen molar-refractivity contribution in [3.8, 4) is 11.5 Å². The first-order chi connectivity index (χ1) is 8.17. The highest BCUT2D eigenvalue weighted by molar-refractivity contribution is 5.31. The van der Waals surface area contributed by atoms with Crippen LogP contribution in [0.3, 0.4) is 0 Å². The van der Waals surface area contributed by atoms with Crippen molar-refractivity contribution >= 4 is 0 Å². The highest BCUT2D eigenvalue weighted by atomic mass is 16.5. The molecular formula is C14H20O3. The van der Waals surface area contributed by atoms with Crippen LogP contribution in [-0.2, 0) is 0 Å². The number of ether oxygens (including phenoxy) is 2. The standard InChI is InChI=1S/C14H20O3/c1-4-11(2)14(15)9-10-17-13-7-5-12(16-3)6-8-13/h4-8,11,14-15H,1,9-10H2,2-3H3/t11-,14+/m0/s1. The van der Waals surface area contributed by atoms with Crippen LogP contribution >= 0.6 is 0 Å². The second-order valence-corrected chi connectivity index (χ2v) is 3.97. The Balaban J connectivity index is 2.32. The lowest BCUT2D eigenvalue weighted by atomic mass is 10.0. The predicted octanol–water partition coefficient (Wildman–Crippen LogP) is 2.65. The van der Waals surface area contributed by atoms with Gasteiger partial charge in [-0.25, -0.2) is 0 Å². The van der Waals surface area contributed by atoms with E-state index in [1.165, 1.54) is 0 Å². The Morgan fingerprint density at radius 3 is 2.41 bits per heavy atom. The van der Waals surface area contributed by atoms with Crippen molar-refractivity contribution in [3.63, 3.8) is 0 Å². The summed E-state index contributed by atoms with van der Waals surface area (Å²) in [4.78, 5) is 0. The van der Waals surface area contributed by atoms with Crippen molar-refractivity contribution in [1.29, 1.82) is 0 Å². The number of hydrogen-bond acceptors (Lipinski definition) is 3. The first kappa shape index (κ1) is 13.6. The lowest BCUT2D eigenvalue weighted by Crippen LogP contribution is -2.18. The number of hydrogen-bond donors (Lipinski definition) is 1. The van der Waals surface area contributed by atoms with E-state index < -0.39 is 6.10 Å². The van der Waals surface area contributed by atoms with Gasteiger partial charge in [0.2, 0.25) is 0 Å². The molecule has 17 heavy (non-hydrogen) atoms. The van der Waals surface area contributed by atoms with Crippen LogP contribution < -0.4 is 9.47 Å². The summed E-state index contributed by atoms with van der Waals surface area (Å²) in [7, 11) is 1.63. The summed E-state index contributed by atoms with van der Waals surface area (Å²) in [5.74, 6) is 1.68. The van der Waals surface area contributed by atoms with Gasteiger partial charge in [0, 0.05) is 6.42 Å². The molecule has 2 atom stereocenters. The predicted molar refractivity (Wildman–Crippen MR) is 68.5 cm³/mol. The third-order valence-corrected chi connectivity index (χ3v) is 2.72. The Kier molecular flexibility index (Phi) is 5.57. The Labute approximate surface area is 103 Å². The van der Waals surface area contributed by atoms with Gasteiger partial charge in [0.15, 0.2) is 0 Å². The molecule has 0 bridgehead atoms. The van der Waals surface area contributed by atoms with Crippen molar-refractivity contribution in [3.05, 3.63) is 36.9 Å². The average Bonchev–Trinajstić information content (AvgIpc) is 2.38. The van der Waals surface area contributed by atoms with Gasteiger partial charge in [-0.2, -0.15) is 0 Å². The van der Waals surface area contributed by atoms with Gasteiger partial charge >= 0.3 is 0 Å². The van der Waals surface area contributed by atoms with E-state index in [2.05, 4.69) is 6.58 Å². The van der Waals surface area contributed by atoms with Crippen molar-refractivity contribution in [2.24, 2.45) is 5.92 Å². The minimum atomic E-state index is -0.397. The van der Waals surface area contributed by atoms with Gasteiger partial charge in [-0.3, -0.25) is 0 Å². The fourth-order valence-electron chi connectivity index (χ4n) is 1.39. The highest BCUT2D eigenvalue weighted by Gasteiger charge is 2.10. The van der Waals surface area contributed by atoms with E-state index in [0.717, 1.165) is 11.5 Å².